The van der Waals surface area contributed by atoms with Gasteiger partial charge in [0.2, 0.25) is 0 Å². The number of likely N-dealkylation sites (N-methyl/N-ethyl adjacent to an activating group) is 2. The quantitative estimate of drug-likeness (QED) is 0.0821. The van der Waals surface area contributed by atoms with Crippen molar-refractivity contribution < 1.29 is 52.8 Å². The number of nitrogens with zero attached hydrogens (tertiary/aromatic N) is 10. The smallest absolute Gasteiger partial charge is 0.294 e. The van der Waals surface area contributed by atoms with Crippen LogP contribution in [0.15, 0.2) is 259 Å². The van der Waals surface area contributed by atoms with E-state index in [0.717, 1.165) is 228 Å². The number of piperidine rings is 3. The Morgan fingerprint density at radius 1 is 0.341 bits per heavy atom. The number of para-hydroxylation sites is 1. The van der Waals surface area contributed by atoms with Crippen molar-refractivity contribution in [1.82, 2.24) is 24.5 Å². The molecule has 5 aliphatic rings. The van der Waals surface area contributed by atoms with Crippen molar-refractivity contribution in [2.75, 3.05) is 147 Å². The number of ether oxygens (including phenoxy) is 3. The molecule has 702 valence electrons. The van der Waals surface area contributed by atoms with Crippen molar-refractivity contribution in [2.45, 2.75) is 103 Å². The summed E-state index contributed by atoms with van der Waals surface area (Å²) >= 11 is 12.7. The molecule has 5 saturated heterocycles. The highest BCUT2D eigenvalue weighted by Crippen LogP contribution is 2.42. The van der Waals surface area contributed by atoms with Crippen molar-refractivity contribution in [1.29, 1.82) is 0 Å². The molecule has 2 unspecified atom stereocenters. The molecule has 21 nitrogen and oxygen atoms in total. The SMILES string of the molecule is C.CN1CCC(N(C(=O)c2cc3ccccc3s2)c2cccc(O)c2)CC1.COc1cccc(N(C(=O)c2cc3ccc(C)cc3s2)C2CCN(C)C2)c1.COc1cccc(N(C(=O)c2cc3ccccc3o2)C2CCN(C)CC2)c1.COc1cccc(N(C(=O)c2cc3ccccc3s2)C2CCN(C)C2)c1.Cc1ccc2c(Cl)c(C(=O)N(c3cccc(O)c3)C3CCN(C)CC3)sc2c1. The number of benzene rings is 10. The molecular formula is C109H119ClN10O11S4. The first kappa shape index (κ1) is 97.6. The first-order valence-corrected chi connectivity index (χ1v) is 49.3. The molecule has 0 radical (unpaired) electrons. The minimum Gasteiger partial charge on any atom is -0.508 e. The van der Waals surface area contributed by atoms with Gasteiger partial charge in [-0.05, 0) is 295 Å². The van der Waals surface area contributed by atoms with Crippen LogP contribution in [-0.2, 0) is 0 Å². The monoisotopic (exact) mass is 1910 g/mol. The van der Waals surface area contributed by atoms with E-state index in [0.29, 0.717) is 21.3 Å². The number of fused-ring (bicyclic) bond motifs is 5. The van der Waals surface area contributed by atoms with E-state index in [2.05, 4.69) is 103 Å². The largest absolute Gasteiger partial charge is 0.508 e. The third kappa shape index (κ3) is 23.2. The van der Waals surface area contributed by atoms with Gasteiger partial charge in [0.15, 0.2) is 5.76 Å². The number of aromatic hydroxyl groups is 2. The Balaban J connectivity index is 0.000000128. The van der Waals surface area contributed by atoms with E-state index in [1.807, 2.05) is 213 Å². The number of phenols is 2. The molecule has 2 N–H and O–H groups in total. The third-order valence-corrected chi connectivity index (χ3v) is 30.6. The maximum Gasteiger partial charge on any atom is 0.294 e. The van der Waals surface area contributed by atoms with Gasteiger partial charge < -0.3 is 77.8 Å². The Morgan fingerprint density at radius 3 is 1.08 bits per heavy atom. The minimum atomic E-state index is -0.103. The van der Waals surface area contributed by atoms with Gasteiger partial charge in [-0.25, -0.2) is 0 Å². The van der Waals surface area contributed by atoms with Crippen LogP contribution >= 0.6 is 56.9 Å². The van der Waals surface area contributed by atoms with Gasteiger partial charge in [0.25, 0.3) is 29.5 Å². The first-order valence-electron chi connectivity index (χ1n) is 45.7. The minimum absolute atomic E-state index is 0. The summed E-state index contributed by atoms with van der Waals surface area (Å²) in [5.41, 5.74) is 7.20. The van der Waals surface area contributed by atoms with Crippen LogP contribution in [0.1, 0.15) is 119 Å². The molecule has 5 amide bonds. The lowest BCUT2D eigenvalue weighted by atomic mass is 10.0. The van der Waals surface area contributed by atoms with Crippen LogP contribution in [0.2, 0.25) is 5.02 Å². The molecule has 0 spiro atoms. The molecule has 0 aliphatic carbocycles. The van der Waals surface area contributed by atoms with Gasteiger partial charge in [-0.1, -0.05) is 128 Å². The van der Waals surface area contributed by atoms with Crippen molar-refractivity contribution in [3.8, 4) is 28.7 Å². The summed E-state index contributed by atoms with van der Waals surface area (Å²) in [7, 11) is 15.5. The highest BCUT2D eigenvalue weighted by molar-refractivity contribution is 7.22. The lowest BCUT2D eigenvalue weighted by Gasteiger charge is -2.37. The number of phenolic OH excluding ortho intramolecular Hbond substituents is 2. The predicted octanol–water partition coefficient (Wildman–Crippen LogP) is 23.3. The fourth-order valence-electron chi connectivity index (χ4n) is 18.4. The standard InChI is InChI=1S/C22H23ClN2O2S.C22H24N2O3.C22H24N2O2S.2C21H22N2O2S.CH4/c1-14-6-7-18-19(12-14)28-21(20(18)23)22(27)25(15-8-10-24(2)11-9-15)16-4-3-5-17(26)13-16;1-23-12-10-17(11-13-23)24(18-7-5-8-19(15-18)26-2)22(25)21-14-16-6-3-4-9-20(16)27-21;1-15-7-8-16-12-21(27-20(16)11-15)22(25)24(18-9-10-23(2)14-18)17-5-4-6-19(13-17)26-3;1-22-11-10-17(14-22)23(16-7-5-8-18(13-16)25-2)21(24)20-12-15-6-3-4-9-19(15)26-20;1-22-11-9-16(10-12-22)23(17-6-4-7-18(24)14-17)21(25)20-13-15-5-2-3-8-19(15)26-20;/h3-7,12-13,15,26H,8-11H2,1-2H3;3-9,14-15,17H,10-13H2,1-2H3;4-8,11-13,18H,9-10,14H2,1-3H3;3-9,12-13,17H,10-11,14H2,1-2H3;2-8,13-14,16,24H,9-12H2,1H3;1H4. The maximum atomic E-state index is 13.7. The number of methoxy groups -OCH3 is 3. The third-order valence-electron chi connectivity index (χ3n) is 25.7. The Bertz CT molecular complexity index is 6550. The summed E-state index contributed by atoms with van der Waals surface area (Å²) in [6.45, 7) is 13.6. The first-order chi connectivity index (χ1) is 64.9. The summed E-state index contributed by atoms with van der Waals surface area (Å²) in [5, 5.41) is 25.6. The van der Waals surface area contributed by atoms with Crippen molar-refractivity contribution in [2.24, 2.45) is 0 Å². The van der Waals surface area contributed by atoms with E-state index < -0.39 is 0 Å². The number of anilines is 5. The molecule has 10 heterocycles. The van der Waals surface area contributed by atoms with Crippen LogP contribution in [0.25, 0.3) is 51.3 Å². The second kappa shape index (κ2) is 44.7. The van der Waals surface area contributed by atoms with Crippen LogP contribution in [0.4, 0.5) is 28.4 Å². The number of furan rings is 1. The van der Waals surface area contributed by atoms with Crippen LogP contribution < -0.4 is 38.7 Å². The van der Waals surface area contributed by atoms with Gasteiger partial charge in [0.05, 0.1) is 53.1 Å². The molecule has 5 fully saturated rings. The molecule has 5 aliphatic heterocycles. The van der Waals surface area contributed by atoms with Crippen LogP contribution in [0, 0.1) is 13.8 Å². The lowest BCUT2D eigenvalue weighted by molar-refractivity contribution is 0.0935. The summed E-state index contributed by atoms with van der Waals surface area (Å²) in [6.07, 6.45) is 7.46. The van der Waals surface area contributed by atoms with Gasteiger partial charge in [0, 0.05) is 120 Å². The normalized spacial score (nSPS) is 16.4. The van der Waals surface area contributed by atoms with Gasteiger partial charge in [-0.15, -0.1) is 45.3 Å². The van der Waals surface area contributed by atoms with Crippen LogP contribution in [-0.4, -0.2) is 216 Å². The molecule has 15 aromatic rings. The highest BCUT2D eigenvalue weighted by atomic mass is 35.5. The summed E-state index contributed by atoms with van der Waals surface area (Å²) in [5.74, 6) is 2.95. The van der Waals surface area contributed by atoms with Crippen LogP contribution in [0.5, 0.6) is 28.7 Å². The molecule has 0 saturated carbocycles. The number of rotatable bonds is 18. The zero-order valence-electron chi connectivity index (χ0n) is 77.4. The van der Waals surface area contributed by atoms with Gasteiger partial charge in [-0.3, -0.25) is 24.0 Å². The lowest BCUT2D eigenvalue weighted by Crippen LogP contribution is -2.46. The fraction of sp³-hybridized carbons (Fsp3) is 0.312. The number of carbonyl (C=O) groups is 5. The molecule has 20 rings (SSSR count). The second-order valence-electron chi connectivity index (χ2n) is 35.4. The Labute approximate surface area is 812 Å². The molecular weight excluding hydrogens is 1790 g/mol. The predicted molar refractivity (Wildman–Crippen MR) is 557 cm³/mol. The number of hydrogen-bond acceptors (Lipinski definition) is 20. The average Bonchev–Trinajstić information content (AvgIpc) is 1.63. The number of amides is 5. The van der Waals surface area contributed by atoms with E-state index in [-0.39, 0.29) is 78.7 Å². The number of carbonyl (C=O) groups excluding carboxylic acids is 5. The Hall–Kier alpha value is -12.0. The van der Waals surface area contributed by atoms with Crippen molar-refractivity contribution in [3.63, 3.8) is 0 Å². The molecule has 135 heavy (non-hydrogen) atoms. The van der Waals surface area contributed by atoms with E-state index in [1.165, 1.54) is 28.2 Å². The zero-order chi connectivity index (χ0) is 93.8. The van der Waals surface area contributed by atoms with Crippen LogP contribution in [0.3, 0.4) is 0 Å². The fourth-order valence-corrected chi connectivity index (χ4v) is 23.1. The molecule has 10 aromatic carbocycles. The average molecular weight is 1910 g/mol. The maximum absolute atomic E-state index is 13.7. The second-order valence-corrected chi connectivity index (χ2v) is 40.1. The van der Waals surface area contributed by atoms with Crippen molar-refractivity contribution in [3.05, 3.63) is 296 Å². The number of halogens is 1. The van der Waals surface area contributed by atoms with E-state index in [4.69, 9.17) is 30.2 Å². The summed E-state index contributed by atoms with van der Waals surface area (Å²) < 4.78 is 26.5. The topological polar surface area (TPSA) is 199 Å². The summed E-state index contributed by atoms with van der Waals surface area (Å²) in [6, 6.07) is 82.1. The highest BCUT2D eigenvalue weighted by Gasteiger charge is 2.38. The zero-order valence-corrected chi connectivity index (χ0v) is 81.4. The van der Waals surface area contributed by atoms with E-state index >= 15 is 0 Å². The Kier molecular flexibility index (Phi) is 32.3. The number of hydrogen-bond donors (Lipinski definition) is 2. The molecule has 2 atom stereocenters. The molecule has 0 bridgehead atoms. The number of likely N-dealkylation sites (tertiary alicyclic amines) is 5. The molecule has 5 aromatic heterocycles. The van der Waals surface area contributed by atoms with E-state index in [9.17, 15) is 34.2 Å². The molecule has 26 heteroatoms. The Morgan fingerprint density at radius 2 is 0.681 bits per heavy atom. The number of thiophene rings is 4. The number of aryl methyl sites for hydroxylation is 2. The van der Waals surface area contributed by atoms with Gasteiger partial charge >= 0.3 is 0 Å². The van der Waals surface area contributed by atoms with E-state index in [1.54, 1.807) is 80.4 Å². The van der Waals surface area contributed by atoms with Gasteiger partial charge in [0.1, 0.15) is 39.2 Å². The van der Waals surface area contributed by atoms with Crippen molar-refractivity contribution >= 4 is 166 Å². The summed E-state index contributed by atoms with van der Waals surface area (Å²) in [4.78, 5) is 91.4. The van der Waals surface area contributed by atoms with Gasteiger partial charge in [-0.2, -0.15) is 0 Å².